The Hall–Kier alpha value is -0.570. The van der Waals surface area contributed by atoms with Gasteiger partial charge in [-0.2, -0.15) is 0 Å². The molecule has 3 nitrogen and oxygen atoms in total. The van der Waals surface area contributed by atoms with Gasteiger partial charge in [0.1, 0.15) is 0 Å². The molecule has 0 aromatic rings. The van der Waals surface area contributed by atoms with Crippen molar-refractivity contribution in [1.82, 2.24) is 10.6 Å². The number of rotatable bonds is 7. The Labute approximate surface area is 106 Å². The van der Waals surface area contributed by atoms with Gasteiger partial charge in [-0.05, 0) is 39.0 Å². The lowest BCUT2D eigenvalue weighted by molar-refractivity contribution is -0.121. The second kappa shape index (κ2) is 7.70. The Morgan fingerprint density at radius 1 is 1.29 bits per heavy atom. The molecule has 0 aromatic heterocycles. The summed E-state index contributed by atoms with van der Waals surface area (Å²) in [5.41, 5.74) is 0. The van der Waals surface area contributed by atoms with Crippen molar-refractivity contribution in [3.8, 4) is 0 Å². The summed E-state index contributed by atoms with van der Waals surface area (Å²) < 4.78 is 0. The van der Waals surface area contributed by atoms with E-state index in [1.165, 1.54) is 25.7 Å². The molecule has 0 aromatic carbocycles. The summed E-state index contributed by atoms with van der Waals surface area (Å²) in [6.45, 7) is 6.88. The Kier molecular flexibility index (Phi) is 6.56. The van der Waals surface area contributed by atoms with Crippen LogP contribution in [0.2, 0.25) is 0 Å². The second-order valence-corrected chi connectivity index (χ2v) is 5.47. The fraction of sp³-hybridized carbons (Fsp3) is 0.929. The highest BCUT2D eigenvalue weighted by Crippen LogP contribution is 2.27. The van der Waals surface area contributed by atoms with Crippen molar-refractivity contribution in [2.45, 2.75) is 71.4 Å². The lowest BCUT2D eigenvalue weighted by Gasteiger charge is -2.21. The minimum atomic E-state index is 0.135. The maximum Gasteiger partial charge on any atom is 0.234 e. The van der Waals surface area contributed by atoms with E-state index in [0.29, 0.717) is 18.6 Å². The average molecular weight is 240 g/mol. The number of amides is 1. The van der Waals surface area contributed by atoms with E-state index in [1.807, 2.05) is 0 Å². The van der Waals surface area contributed by atoms with Crippen molar-refractivity contribution in [3.63, 3.8) is 0 Å². The summed E-state index contributed by atoms with van der Waals surface area (Å²) >= 11 is 0. The molecule has 0 bridgehead atoms. The lowest BCUT2D eigenvalue weighted by atomic mass is 10.00. The van der Waals surface area contributed by atoms with Crippen LogP contribution >= 0.6 is 0 Å². The number of hydrogen-bond donors (Lipinski definition) is 2. The van der Waals surface area contributed by atoms with Gasteiger partial charge in [-0.1, -0.05) is 26.2 Å². The van der Waals surface area contributed by atoms with Gasteiger partial charge in [-0.15, -0.1) is 0 Å². The Morgan fingerprint density at radius 2 is 1.94 bits per heavy atom. The summed E-state index contributed by atoms with van der Waals surface area (Å²) in [6, 6.07) is 0.779. The third-order valence-electron chi connectivity index (χ3n) is 3.82. The van der Waals surface area contributed by atoms with Gasteiger partial charge in [0.15, 0.2) is 0 Å². The predicted molar refractivity (Wildman–Crippen MR) is 71.9 cm³/mol. The molecular weight excluding hydrogens is 212 g/mol. The van der Waals surface area contributed by atoms with Gasteiger partial charge in [0, 0.05) is 12.1 Å². The third kappa shape index (κ3) is 5.53. The fourth-order valence-electron chi connectivity index (χ4n) is 2.71. The Bertz CT molecular complexity index is 224. The summed E-state index contributed by atoms with van der Waals surface area (Å²) in [6.07, 6.45) is 7.54. The van der Waals surface area contributed by atoms with Gasteiger partial charge >= 0.3 is 0 Å². The molecule has 1 aliphatic carbocycles. The standard InChI is InChI=1S/C14H28N2O/c1-4-7-11(2)16-14(17)10-15-12(3)13-8-5-6-9-13/h11-13,15H,4-10H2,1-3H3,(H,16,17). The molecule has 1 saturated carbocycles. The van der Waals surface area contributed by atoms with Gasteiger partial charge in [-0.25, -0.2) is 0 Å². The summed E-state index contributed by atoms with van der Waals surface area (Å²) in [4.78, 5) is 11.7. The number of carbonyl (C=O) groups is 1. The molecule has 2 atom stereocenters. The van der Waals surface area contributed by atoms with Gasteiger partial charge in [0.25, 0.3) is 0 Å². The van der Waals surface area contributed by atoms with E-state index in [9.17, 15) is 4.79 Å². The molecule has 100 valence electrons. The van der Waals surface area contributed by atoms with Crippen LogP contribution in [0.15, 0.2) is 0 Å². The predicted octanol–water partition coefficient (Wildman–Crippen LogP) is 2.46. The molecule has 0 heterocycles. The van der Waals surface area contributed by atoms with Crippen molar-refractivity contribution in [3.05, 3.63) is 0 Å². The van der Waals surface area contributed by atoms with Gasteiger partial charge in [0.05, 0.1) is 6.54 Å². The van der Waals surface area contributed by atoms with Crippen molar-refractivity contribution < 1.29 is 4.79 Å². The van der Waals surface area contributed by atoms with Crippen molar-refractivity contribution in [2.75, 3.05) is 6.54 Å². The molecule has 2 unspecified atom stereocenters. The van der Waals surface area contributed by atoms with Gasteiger partial charge in [-0.3, -0.25) is 4.79 Å². The van der Waals surface area contributed by atoms with E-state index in [1.54, 1.807) is 0 Å². The zero-order valence-electron chi connectivity index (χ0n) is 11.6. The molecule has 1 aliphatic rings. The lowest BCUT2D eigenvalue weighted by Crippen LogP contribution is -2.43. The molecule has 3 heteroatoms. The van der Waals surface area contributed by atoms with E-state index in [4.69, 9.17) is 0 Å². The highest BCUT2D eigenvalue weighted by Gasteiger charge is 2.21. The minimum absolute atomic E-state index is 0.135. The highest BCUT2D eigenvalue weighted by molar-refractivity contribution is 5.78. The van der Waals surface area contributed by atoms with Crippen LogP contribution < -0.4 is 10.6 Å². The second-order valence-electron chi connectivity index (χ2n) is 5.47. The fourth-order valence-corrected chi connectivity index (χ4v) is 2.71. The number of carbonyl (C=O) groups excluding carboxylic acids is 1. The Morgan fingerprint density at radius 3 is 2.53 bits per heavy atom. The number of hydrogen-bond acceptors (Lipinski definition) is 2. The molecule has 0 radical (unpaired) electrons. The Balaban J connectivity index is 2.14. The zero-order chi connectivity index (χ0) is 12.7. The van der Waals surface area contributed by atoms with E-state index in [2.05, 4.69) is 31.4 Å². The molecule has 1 fully saturated rings. The van der Waals surface area contributed by atoms with E-state index in [-0.39, 0.29) is 5.91 Å². The molecule has 2 N–H and O–H groups in total. The van der Waals surface area contributed by atoms with Crippen LogP contribution in [0.4, 0.5) is 0 Å². The van der Waals surface area contributed by atoms with Crippen LogP contribution in [0.25, 0.3) is 0 Å². The maximum absolute atomic E-state index is 11.7. The first-order valence-corrected chi connectivity index (χ1v) is 7.16. The minimum Gasteiger partial charge on any atom is -0.353 e. The average Bonchev–Trinajstić information content (AvgIpc) is 2.79. The van der Waals surface area contributed by atoms with E-state index >= 15 is 0 Å². The van der Waals surface area contributed by atoms with Crippen molar-refractivity contribution >= 4 is 5.91 Å². The number of nitrogens with one attached hydrogen (secondary N) is 2. The van der Waals surface area contributed by atoms with E-state index in [0.717, 1.165) is 18.8 Å². The van der Waals surface area contributed by atoms with Crippen LogP contribution in [-0.4, -0.2) is 24.5 Å². The monoisotopic (exact) mass is 240 g/mol. The normalized spacial score (nSPS) is 20.2. The SMILES string of the molecule is CCCC(C)NC(=O)CNC(C)C1CCCC1. The van der Waals surface area contributed by atoms with Crippen LogP contribution in [0, 0.1) is 5.92 Å². The van der Waals surface area contributed by atoms with Crippen LogP contribution in [-0.2, 0) is 4.79 Å². The molecule has 0 aliphatic heterocycles. The molecule has 17 heavy (non-hydrogen) atoms. The molecule has 0 spiro atoms. The smallest absolute Gasteiger partial charge is 0.234 e. The molecular formula is C14H28N2O. The topological polar surface area (TPSA) is 41.1 Å². The van der Waals surface area contributed by atoms with Crippen molar-refractivity contribution in [2.24, 2.45) is 5.92 Å². The largest absolute Gasteiger partial charge is 0.353 e. The molecule has 0 saturated heterocycles. The summed E-state index contributed by atoms with van der Waals surface area (Å²) in [7, 11) is 0. The first-order chi connectivity index (χ1) is 8.13. The maximum atomic E-state index is 11.7. The summed E-state index contributed by atoms with van der Waals surface area (Å²) in [5.74, 6) is 0.909. The molecule has 1 amide bonds. The van der Waals surface area contributed by atoms with Crippen molar-refractivity contribution in [1.29, 1.82) is 0 Å². The van der Waals surface area contributed by atoms with Crippen LogP contribution in [0.1, 0.15) is 59.3 Å². The van der Waals surface area contributed by atoms with Gasteiger partial charge < -0.3 is 10.6 Å². The quantitative estimate of drug-likeness (QED) is 0.717. The first-order valence-electron chi connectivity index (χ1n) is 7.16. The van der Waals surface area contributed by atoms with Gasteiger partial charge in [0.2, 0.25) is 5.91 Å². The third-order valence-corrected chi connectivity index (χ3v) is 3.82. The highest BCUT2D eigenvalue weighted by atomic mass is 16.1. The van der Waals surface area contributed by atoms with Crippen LogP contribution in [0.5, 0.6) is 0 Å². The van der Waals surface area contributed by atoms with E-state index < -0.39 is 0 Å². The first kappa shape index (κ1) is 14.5. The zero-order valence-corrected chi connectivity index (χ0v) is 11.6. The molecule has 1 rings (SSSR count). The summed E-state index contributed by atoms with van der Waals surface area (Å²) in [5, 5.41) is 6.39. The van der Waals surface area contributed by atoms with Crippen LogP contribution in [0.3, 0.4) is 0 Å².